The molecule has 2 aliphatic carbocycles. The molecule has 0 radical (unpaired) electrons. The minimum absolute atomic E-state index is 0.0816. The second-order valence-corrected chi connectivity index (χ2v) is 9.96. The zero-order valence-corrected chi connectivity index (χ0v) is 17.4. The Balaban J connectivity index is 1.31. The molecule has 0 N–H and O–H groups in total. The van der Waals surface area contributed by atoms with Gasteiger partial charge in [-0.1, -0.05) is 49.8 Å². The maximum atomic E-state index is 12.1. The molecule has 0 amide bonds. The molecular weight excluding hydrogens is 360 g/mol. The molecule has 0 unspecified atom stereocenters. The highest BCUT2D eigenvalue weighted by molar-refractivity contribution is 7.86. The zero-order chi connectivity index (χ0) is 19.1. The molecule has 0 aliphatic heterocycles. The van der Waals surface area contributed by atoms with Crippen LogP contribution < -0.4 is 0 Å². The fraction of sp³-hybridized carbons (Fsp3) is 0.727. The lowest BCUT2D eigenvalue weighted by Gasteiger charge is -2.32. The van der Waals surface area contributed by atoms with Gasteiger partial charge in [-0.2, -0.15) is 8.42 Å². The van der Waals surface area contributed by atoms with Crippen LogP contribution in [0.2, 0.25) is 0 Å². The Morgan fingerprint density at radius 2 is 1.48 bits per heavy atom. The second-order valence-electron chi connectivity index (χ2n) is 8.34. The molecule has 0 bridgehead atoms. The van der Waals surface area contributed by atoms with Crippen LogP contribution in [0.3, 0.4) is 0 Å². The zero-order valence-electron chi connectivity index (χ0n) is 16.6. The summed E-state index contributed by atoms with van der Waals surface area (Å²) in [6.07, 6.45) is 13.5. The summed E-state index contributed by atoms with van der Waals surface area (Å²) in [7, 11) is -3.69. The highest BCUT2D eigenvalue weighted by Crippen LogP contribution is 2.35. The average molecular weight is 395 g/mol. The molecule has 27 heavy (non-hydrogen) atoms. The lowest BCUT2D eigenvalue weighted by atomic mass is 9.77. The van der Waals surface area contributed by atoms with Gasteiger partial charge in [0.15, 0.2) is 0 Å². The summed E-state index contributed by atoms with van der Waals surface area (Å²) in [5, 5.41) is 0. The summed E-state index contributed by atoms with van der Waals surface area (Å²) in [5.74, 6) is 1.83. The van der Waals surface area contributed by atoms with Gasteiger partial charge in [0.2, 0.25) is 0 Å². The van der Waals surface area contributed by atoms with Gasteiger partial charge >= 0.3 is 0 Å². The van der Waals surface area contributed by atoms with Gasteiger partial charge in [-0.05, 0) is 63.0 Å². The maximum Gasteiger partial charge on any atom is 0.297 e. The monoisotopic (exact) mass is 394 g/mol. The number of hydrogen-bond acceptors (Lipinski definition) is 4. The van der Waals surface area contributed by atoms with Gasteiger partial charge in [-0.25, -0.2) is 0 Å². The van der Waals surface area contributed by atoms with Crippen molar-refractivity contribution in [2.75, 3.05) is 13.2 Å². The summed E-state index contributed by atoms with van der Waals surface area (Å²) < 4.78 is 35.3. The van der Waals surface area contributed by atoms with Crippen molar-refractivity contribution in [1.82, 2.24) is 0 Å². The molecule has 0 saturated heterocycles. The predicted octanol–water partition coefficient (Wildman–Crippen LogP) is 5.25. The molecule has 0 aromatic heterocycles. The van der Waals surface area contributed by atoms with E-state index in [1.54, 1.807) is 24.3 Å². The third-order valence-corrected chi connectivity index (χ3v) is 7.50. The SMILES string of the molecule is Cc1ccc(S(=O)(=O)OCCOC2CCC(CC3CCCCC3)CC2)cc1. The number of benzene rings is 1. The fourth-order valence-corrected chi connectivity index (χ4v) is 5.45. The summed E-state index contributed by atoms with van der Waals surface area (Å²) in [5.41, 5.74) is 1.02. The van der Waals surface area contributed by atoms with Crippen molar-refractivity contribution in [3.63, 3.8) is 0 Å². The van der Waals surface area contributed by atoms with Crippen molar-refractivity contribution in [1.29, 1.82) is 0 Å². The van der Waals surface area contributed by atoms with E-state index in [9.17, 15) is 8.42 Å². The Bertz CT molecular complexity index is 654. The van der Waals surface area contributed by atoms with Crippen molar-refractivity contribution in [3.05, 3.63) is 29.8 Å². The molecule has 5 heteroatoms. The first-order chi connectivity index (χ1) is 13.0. The third-order valence-electron chi connectivity index (χ3n) is 6.17. The Morgan fingerprint density at radius 3 is 2.15 bits per heavy atom. The first-order valence-corrected chi connectivity index (χ1v) is 12.0. The minimum atomic E-state index is -3.69. The van der Waals surface area contributed by atoms with E-state index in [0.29, 0.717) is 6.61 Å². The van der Waals surface area contributed by atoms with E-state index >= 15 is 0 Å². The quantitative estimate of drug-likeness (QED) is 0.446. The molecule has 152 valence electrons. The van der Waals surface area contributed by atoms with E-state index in [-0.39, 0.29) is 17.6 Å². The topological polar surface area (TPSA) is 52.6 Å². The molecule has 3 rings (SSSR count). The van der Waals surface area contributed by atoms with E-state index in [2.05, 4.69) is 0 Å². The van der Waals surface area contributed by atoms with Gasteiger partial charge in [0.1, 0.15) is 0 Å². The van der Waals surface area contributed by atoms with Gasteiger partial charge in [0.05, 0.1) is 24.2 Å². The summed E-state index contributed by atoms with van der Waals surface area (Å²) in [6.45, 7) is 2.34. The van der Waals surface area contributed by atoms with Crippen LogP contribution in [0.15, 0.2) is 29.2 Å². The Hall–Kier alpha value is -0.910. The number of aryl methyl sites for hydroxylation is 1. The van der Waals surface area contributed by atoms with Crippen molar-refractivity contribution >= 4 is 10.1 Å². The van der Waals surface area contributed by atoms with Crippen LogP contribution in [0.5, 0.6) is 0 Å². The largest absolute Gasteiger partial charge is 0.376 e. The molecule has 2 saturated carbocycles. The van der Waals surface area contributed by atoms with Gasteiger partial charge in [0, 0.05) is 0 Å². The van der Waals surface area contributed by atoms with Gasteiger partial charge in [-0.15, -0.1) is 0 Å². The highest BCUT2D eigenvalue weighted by Gasteiger charge is 2.25. The number of rotatable bonds is 8. The van der Waals surface area contributed by atoms with Crippen LogP contribution in [0.25, 0.3) is 0 Å². The number of hydrogen-bond donors (Lipinski definition) is 0. The Morgan fingerprint density at radius 1 is 0.852 bits per heavy atom. The molecule has 1 aromatic rings. The maximum absolute atomic E-state index is 12.1. The van der Waals surface area contributed by atoms with E-state index in [1.807, 2.05) is 6.92 Å². The first-order valence-electron chi connectivity index (χ1n) is 10.6. The van der Waals surface area contributed by atoms with Crippen LogP contribution in [-0.4, -0.2) is 27.7 Å². The van der Waals surface area contributed by atoms with Crippen molar-refractivity contribution in [2.24, 2.45) is 11.8 Å². The summed E-state index contributed by atoms with van der Waals surface area (Å²) >= 11 is 0. The Labute approximate surface area is 164 Å². The summed E-state index contributed by atoms with van der Waals surface area (Å²) in [6, 6.07) is 6.72. The summed E-state index contributed by atoms with van der Waals surface area (Å²) in [4.78, 5) is 0.205. The Kier molecular flexibility index (Phi) is 7.74. The van der Waals surface area contributed by atoms with E-state index in [4.69, 9.17) is 8.92 Å². The minimum Gasteiger partial charge on any atom is -0.376 e. The van der Waals surface area contributed by atoms with Crippen LogP contribution in [0.1, 0.15) is 69.8 Å². The van der Waals surface area contributed by atoms with E-state index in [1.165, 1.54) is 51.4 Å². The molecule has 0 atom stereocenters. The third kappa shape index (κ3) is 6.58. The molecule has 2 aliphatic rings. The van der Waals surface area contributed by atoms with Crippen molar-refractivity contribution in [3.8, 4) is 0 Å². The lowest BCUT2D eigenvalue weighted by molar-refractivity contribution is 0.00241. The fourth-order valence-electron chi connectivity index (χ4n) is 4.56. The van der Waals surface area contributed by atoms with Crippen LogP contribution in [0.4, 0.5) is 0 Å². The van der Waals surface area contributed by atoms with Crippen LogP contribution in [0, 0.1) is 18.8 Å². The van der Waals surface area contributed by atoms with Gasteiger partial charge < -0.3 is 4.74 Å². The molecule has 0 spiro atoms. The molecule has 1 aromatic carbocycles. The van der Waals surface area contributed by atoms with Crippen molar-refractivity contribution in [2.45, 2.75) is 82.1 Å². The van der Waals surface area contributed by atoms with Crippen LogP contribution >= 0.6 is 0 Å². The molecule has 4 nitrogen and oxygen atoms in total. The van der Waals surface area contributed by atoms with Crippen LogP contribution in [-0.2, 0) is 19.0 Å². The van der Waals surface area contributed by atoms with Gasteiger partial charge in [0.25, 0.3) is 10.1 Å². The molecule has 0 heterocycles. The van der Waals surface area contributed by atoms with E-state index in [0.717, 1.165) is 30.2 Å². The number of ether oxygens (including phenoxy) is 1. The normalized spacial score (nSPS) is 24.8. The van der Waals surface area contributed by atoms with Crippen molar-refractivity contribution < 1.29 is 17.3 Å². The van der Waals surface area contributed by atoms with E-state index < -0.39 is 10.1 Å². The predicted molar refractivity (Wildman–Crippen MR) is 107 cm³/mol. The molecular formula is C22H34O4S. The average Bonchev–Trinajstić information content (AvgIpc) is 2.68. The first kappa shape index (κ1) is 20.8. The van der Waals surface area contributed by atoms with Gasteiger partial charge in [-0.3, -0.25) is 4.18 Å². The standard InChI is InChI=1S/C22H34O4S/c1-18-7-13-22(14-8-18)27(23,24)26-16-15-25-21-11-9-20(10-12-21)17-19-5-3-2-4-6-19/h7-8,13-14,19-21H,2-6,9-12,15-17H2,1H3. The lowest BCUT2D eigenvalue weighted by Crippen LogP contribution is -2.25. The molecule has 2 fully saturated rings. The second kappa shape index (κ2) is 10.0. The highest BCUT2D eigenvalue weighted by atomic mass is 32.2. The smallest absolute Gasteiger partial charge is 0.297 e.